The normalized spacial score (nSPS) is 16.6. The number of ether oxygens (including phenoxy) is 2. The van der Waals surface area contributed by atoms with E-state index in [1.807, 2.05) is 6.92 Å². The van der Waals surface area contributed by atoms with Gasteiger partial charge in [0.1, 0.15) is 11.4 Å². The molecule has 1 atom stereocenters. The molecule has 1 saturated heterocycles. The standard InChI is InChI=1S/C21H23ClN2O6S/c1-15-13-23(11-12-30-15)20(25)14-24(18-9-5-4-8-17(18)22)31(27,28)19-10-6-3-7-16(19)21(26)29-2/h3-10,15H,11-14H2,1-2H3. The van der Waals surface area contributed by atoms with E-state index in [1.165, 1.54) is 43.5 Å². The Bertz CT molecular complexity index is 1080. The molecule has 0 saturated carbocycles. The van der Waals surface area contributed by atoms with Crippen molar-refractivity contribution in [3.05, 3.63) is 59.1 Å². The van der Waals surface area contributed by atoms with Crippen LogP contribution in [0, 0.1) is 0 Å². The highest BCUT2D eigenvalue weighted by Crippen LogP contribution is 2.31. The molecule has 0 N–H and O–H groups in total. The van der Waals surface area contributed by atoms with Crippen molar-refractivity contribution < 1.29 is 27.5 Å². The number of benzene rings is 2. The molecule has 0 aliphatic carbocycles. The number of anilines is 1. The number of nitrogens with zero attached hydrogens (tertiary/aromatic N) is 2. The lowest BCUT2D eigenvalue weighted by Gasteiger charge is -2.33. The van der Waals surface area contributed by atoms with Crippen LogP contribution in [0.15, 0.2) is 53.4 Å². The Morgan fingerprint density at radius 3 is 2.55 bits per heavy atom. The number of morpholine rings is 1. The lowest BCUT2D eigenvalue weighted by Crippen LogP contribution is -2.49. The molecule has 8 nitrogen and oxygen atoms in total. The second kappa shape index (κ2) is 9.67. The number of amides is 1. The van der Waals surface area contributed by atoms with Gasteiger partial charge in [-0.15, -0.1) is 0 Å². The van der Waals surface area contributed by atoms with Crippen molar-refractivity contribution in [3.8, 4) is 0 Å². The Morgan fingerprint density at radius 2 is 1.87 bits per heavy atom. The van der Waals surface area contributed by atoms with Crippen LogP contribution in [0.25, 0.3) is 0 Å². The third kappa shape index (κ3) is 5.00. The lowest BCUT2D eigenvalue weighted by atomic mass is 10.2. The van der Waals surface area contributed by atoms with Gasteiger partial charge in [-0.25, -0.2) is 13.2 Å². The fourth-order valence-electron chi connectivity index (χ4n) is 3.31. The molecule has 1 aliphatic rings. The number of carbonyl (C=O) groups is 2. The zero-order valence-corrected chi connectivity index (χ0v) is 18.7. The third-order valence-electron chi connectivity index (χ3n) is 4.85. The van der Waals surface area contributed by atoms with Crippen LogP contribution in [0.4, 0.5) is 5.69 Å². The summed E-state index contributed by atoms with van der Waals surface area (Å²) < 4.78 is 38.5. The van der Waals surface area contributed by atoms with Gasteiger partial charge in [-0.3, -0.25) is 9.10 Å². The number of esters is 1. The van der Waals surface area contributed by atoms with Gasteiger partial charge in [-0.1, -0.05) is 35.9 Å². The minimum Gasteiger partial charge on any atom is -0.465 e. The number of rotatable bonds is 6. The first-order valence-corrected chi connectivity index (χ1v) is 11.4. The first kappa shape index (κ1) is 23.1. The average molecular weight is 467 g/mol. The molecular weight excluding hydrogens is 444 g/mol. The van der Waals surface area contributed by atoms with Crippen LogP contribution in [-0.2, 0) is 24.3 Å². The predicted octanol–water partition coefficient (Wildman–Crippen LogP) is 2.57. The molecule has 1 unspecified atom stereocenters. The SMILES string of the molecule is COC(=O)c1ccccc1S(=O)(=O)N(CC(=O)N1CCOC(C)C1)c1ccccc1Cl. The maximum absolute atomic E-state index is 13.7. The van der Waals surface area contributed by atoms with E-state index in [-0.39, 0.29) is 27.3 Å². The Labute approximate surface area is 186 Å². The summed E-state index contributed by atoms with van der Waals surface area (Å²) in [6.45, 7) is 2.45. The lowest BCUT2D eigenvalue weighted by molar-refractivity contribution is -0.136. The number of halogens is 1. The fourth-order valence-corrected chi connectivity index (χ4v) is 5.21. The van der Waals surface area contributed by atoms with Crippen molar-refractivity contribution in [2.24, 2.45) is 0 Å². The summed E-state index contributed by atoms with van der Waals surface area (Å²) in [6.07, 6.45) is -0.150. The number of methoxy groups -OCH3 is 1. The molecule has 2 aromatic rings. The second-order valence-electron chi connectivity index (χ2n) is 6.97. The predicted molar refractivity (Wildman–Crippen MR) is 116 cm³/mol. The molecule has 0 bridgehead atoms. The highest BCUT2D eigenvalue weighted by atomic mass is 35.5. The van der Waals surface area contributed by atoms with E-state index >= 15 is 0 Å². The van der Waals surface area contributed by atoms with E-state index in [1.54, 1.807) is 17.0 Å². The highest BCUT2D eigenvalue weighted by Gasteiger charge is 2.34. The number of hydrogen-bond donors (Lipinski definition) is 0. The molecule has 1 fully saturated rings. The molecule has 0 aromatic heterocycles. The summed E-state index contributed by atoms with van der Waals surface area (Å²) in [5.41, 5.74) is 0.00740. The zero-order chi connectivity index (χ0) is 22.6. The van der Waals surface area contributed by atoms with Gasteiger partial charge >= 0.3 is 5.97 Å². The number of carbonyl (C=O) groups excluding carboxylic acids is 2. The van der Waals surface area contributed by atoms with Crippen LogP contribution in [0.1, 0.15) is 17.3 Å². The fraction of sp³-hybridized carbons (Fsp3) is 0.333. The minimum absolute atomic E-state index is 0.130. The van der Waals surface area contributed by atoms with Gasteiger partial charge in [-0.05, 0) is 31.2 Å². The molecule has 0 spiro atoms. The summed E-state index contributed by atoms with van der Waals surface area (Å²) in [5, 5.41) is 0.157. The van der Waals surface area contributed by atoms with E-state index < -0.39 is 28.4 Å². The first-order chi connectivity index (χ1) is 14.8. The molecule has 166 valence electrons. The van der Waals surface area contributed by atoms with Crippen molar-refractivity contribution >= 4 is 39.2 Å². The number of sulfonamides is 1. The summed E-state index contributed by atoms with van der Waals surface area (Å²) in [5.74, 6) is -1.19. The van der Waals surface area contributed by atoms with Crippen molar-refractivity contribution in [1.29, 1.82) is 0 Å². The van der Waals surface area contributed by atoms with Gasteiger partial charge in [0.2, 0.25) is 5.91 Å². The van der Waals surface area contributed by atoms with Crippen molar-refractivity contribution in [3.63, 3.8) is 0 Å². The second-order valence-corrected chi connectivity index (χ2v) is 9.21. The zero-order valence-electron chi connectivity index (χ0n) is 17.2. The van der Waals surface area contributed by atoms with Crippen molar-refractivity contribution in [2.75, 3.05) is 37.7 Å². The monoisotopic (exact) mass is 466 g/mol. The third-order valence-corrected chi connectivity index (χ3v) is 6.99. The summed E-state index contributed by atoms with van der Waals surface area (Å²) in [4.78, 5) is 26.5. The van der Waals surface area contributed by atoms with Crippen LogP contribution >= 0.6 is 11.6 Å². The van der Waals surface area contributed by atoms with E-state index in [4.69, 9.17) is 21.1 Å². The van der Waals surface area contributed by atoms with Crippen LogP contribution < -0.4 is 4.31 Å². The topological polar surface area (TPSA) is 93.2 Å². The molecule has 1 amide bonds. The van der Waals surface area contributed by atoms with Crippen LogP contribution in [-0.4, -0.2) is 64.6 Å². The molecule has 3 rings (SSSR count). The molecule has 1 heterocycles. The van der Waals surface area contributed by atoms with E-state index in [0.29, 0.717) is 19.7 Å². The molecule has 10 heteroatoms. The number of para-hydroxylation sites is 1. The Hall–Kier alpha value is -2.62. The van der Waals surface area contributed by atoms with Crippen molar-refractivity contribution in [1.82, 2.24) is 4.90 Å². The first-order valence-electron chi connectivity index (χ1n) is 9.59. The van der Waals surface area contributed by atoms with E-state index in [9.17, 15) is 18.0 Å². The van der Waals surface area contributed by atoms with Gasteiger partial charge in [0.25, 0.3) is 10.0 Å². The maximum Gasteiger partial charge on any atom is 0.339 e. The van der Waals surface area contributed by atoms with E-state index in [0.717, 1.165) is 4.31 Å². The smallest absolute Gasteiger partial charge is 0.339 e. The van der Waals surface area contributed by atoms with Gasteiger partial charge in [0.05, 0.1) is 36.1 Å². The number of hydrogen-bond acceptors (Lipinski definition) is 6. The molecule has 0 radical (unpaired) electrons. The van der Waals surface area contributed by atoms with Crippen LogP contribution in [0.3, 0.4) is 0 Å². The average Bonchev–Trinajstić information content (AvgIpc) is 2.77. The minimum atomic E-state index is -4.34. The Kier molecular flexibility index (Phi) is 7.19. The van der Waals surface area contributed by atoms with Gasteiger partial charge < -0.3 is 14.4 Å². The van der Waals surface area contributed by atoms with Crippen LogP contribution in [0.5, 0.6) is 0 Å². The Balaban J connectivity index is 2.06. The molecule has 1 aliphatic heterocycles. The summed E-state index contributed by atoms with van der Waals surface area (Å²) in [6, 6.07) is 12.0. The van der Waals surface area contributed by atoms with Gasteiger partial charge in [0.15, 0.2) is 0 Å². The van der Waals surface area contributed by atoms with Gasteiger partial charge in [-0.2, -0.15) is 0 Å². The van der Waals surface area contributed by atoms with Crippen LogP contribution in [0.2, 0.25) is 5.02 Å². The Morgan fingerprint density at radius 1 is 1.19 bits per heavy atom. The van der Waals surface area contributed by atoms with Crippen molar-refractivity contribution in [2.45, 2.75) is 17.9 Å². The van der Waals surface area contributed by atoms with E-state index in [2.05, 4.69) is 0 Å². The summed E-state index contributed by atoms with van der Waals surface area (Å²) >= 11 is 6.29. The quantitative estimate of drug-likeness (QED) is 0.607. The summed E-state index contributed by atoms with van der Waals surface area (Å²) in [7, 11) is -3.17. The molecule has 2 aromatic carbocycles. The highest BCUT2D eigenvalue weighted by molar-refractivity contribution is 7.93. The largest absolute Gasteiger partial charge is 0.465 e. The maximum atomic E-state index is 13.7. The molecular formula is C21H23ClN2O6S. The van der Waals surface area contributed by atoms with Gasteiger partial charge in [0, 0.05) is 13.1 Å². The molecule has 31 heavy (non-hydrogen) atoms.